The predicted octanol–water partition coefficient (Wildman–Crippen LogP) is 6.04. The number of thioether (sulfide) groups is 1. The van der Waals surface area contributed by atoms with Crippen molar-refractivity contribution in [3.05, 3.63) is 63.2 Å². The lowest BCUT2D eigenvalue weighted by Gasteiger charge is -2.10. The molecule has 4 rings (SSSR count). The maximum absolute atomic E-state index is 12.9. The third kappa shape index (κ3) is 7.03. The van der Waals surface area contributed by atoms with Crippen molar-refractivity contribution >= 4 is 55.9 Å². The van der Waals surface area contributed by atoms with Crippen LogP contribution in [0.1, 0.15) is 52.8 Å². The monoisotopic (exact) mass is 604 g/mol. The zero-order valence-electron chi connectivity index (χ0n) is 20.6. The van der Waals surface area contributed by atoms with Gasteiger partial charge in [-0.2, -0.15) is 0 Å². The van der Waals surface area contributed by atoms with Crippen molar-refractivity contribution < 1.29 is 19.1 Å². The molecule has 196 valence electrons. The molecule has 0 bridgehead atoms. The third-order valence-corrected chi connectivity index (χ3v) is 8.48. The van der Waals surface area contributed by atoms with E-state index in [-0.39, 0.29) is 24.2 Å². The second-order valence-corrected chi connectivity index (χ2v) is 11.3. The van der Waals surface area contributed by atoms with Crippen LogP contribution >= 0.6 is 39.0 Å². The lowest BCUT2D eigenvalue weighted by atomic mass is 10.1. The van der Waals surface area contributed by atoms with E-state index in [1.54, 1.807) is 13.0 Å². The van der Waals surface area contributed by atoms with Gasteiger partial charge in [-0.3, -0.25) is 9.36 Å². The molecule has 0 atom stereocenters. The molecule has 11 heteroatoms. The number of benzene rings is 1. The molecule has 0 fully saturated rings. The maximum atomic E-state index is 12.9. The number of hydrogen-bond acceptors (Lipinski definition) is 8. The molecule has 8 nitrogen and oxygen atoms in total. The third-order valence-electron chi connectivity index (χ3n) is 5.77. The Bertz CT molecular complexity index is 1260. The van der Waals surface area contributed by atoms with E-state index in [1.165, 1.54) is 28.0 Å². The number of rotatable bonds is 11. The highest BCUT2D eigenvalue weighted by molar-refractivity contribution is 9.10. The Morgan fingerprint density at radius 2 is 2.00 bits per heavy atom. The molecule has 0 spiro atoms. The van der Waals surface area contributed by atoms with Crippen molar-refractivity contribution in [2.24, 2.45) is 0 Å². The SMILES string of the molecule is C=CCn1c(COc2ccc(Br)cc2)nnc1SCC(=O)Nc1sc2c(c1C(=O)OCC)CCCCC2. The topological polar surface area (TPSA) is 95.3 Å². The summed E-state index contributed by atoms with van der Waals surface area (Å²) in [4.78, 5) is 26.9. The Labute approximate surface area is 233 Å². The predicted molar refractivity (Wildman–Crippen MR) is 150 cm³/mol. The Hall–Kier alpha value is -2.63. The van der Waals surface area contributed by atoms with Gasteiger partial charge in [-0.25, -0.2) is 4.79 Å². The van der Waals surface area contributed by atoms with E-state index in [0.29, 0.717) is 34.7 Å². The number of hydrogen-bond donors (Lipinski definition) is 1. The number of aromatic nitrogens is 3. The molecule has 0 unspecified atom stereocenters. The van der Waals surface area contributed by atoms with Crippen molar-refractivity contribution in [3.63, 3.8) is 0 Å². The van der Waals surface area contributed by atoms with Crippen LogP contribution in [0.5, 0.6) is 5.75 Å². The summed E-state index contributed by atoms with van der Waals surface area (Å²) in [7, 11) is 0. The summed E-state index contributed by atoms with van der Waals surface area (Å²) in [5.41, 5.74) is 1.55. The van der Waals surface area contributed by atoms with Crippen LogP contribution in [0.25, 0.3) is 0 Å². The van der Waals surface area contributed by atoms with Crippen molar-refractivity contribution in [2.45, 2.75) is 57.3 Å². The van der Waals surface area contributed by atoms with Crippen molar-refractivity contribution in [2.75, 3.05) is 17.7 Å². The molecule has 0 radical (unpaired) electrons. The molecule has 1 aliphatic rings. The zero-order valence-corrected chi connectivity index (χ0v) is 23.8. The van der Waals surface area contributed by atoms with Crippen molar-refractivity contribution in [3.8, 4) is 5.75 Å². The van der Waals surface area contributed by atoms with Crippen LogP contribution < -0.4 is 10.1 Å². The number of esters is 1. The molecule has 1 aromatic carbocycles. The molecule has 0 saturated heterocycles. The number of ether oxygens (including phenoxy) is 2. The van der Waals surface area contributed by atoms with Gasteiger partial charge in [0.05, 0.1) is 17.9 Å². The van der Waals surface area contributed by atoms with E-state index in [0.717, 1.165) is 47.9 Å². The lowest BCUT2D eigenvalue weighted by Crippen LogP contribution is -2.17. The molecule has 2 aromatic heterocycles. The Morgan fingerprint density at radius 1 is 1.22 bits per heavy atom. The summed E-state index contributed by atoms with van der Waals surface area (Å²) in [6, 6.07) is 7.55. The number of carbonyl (C=O) groups is 2. The fourth-order valence-corrected chi connectivity index (χ4v) is 6.39. The first-order valence-electron chi connectivity index (χ1n) is 12.2. The molecule has 2 heterocycles. The first kappa shape index (κ1) is 27.4. The van der Waals surface area contributed by atoms with E-state index in [2.05, 4.69) is 38.0 Å². The number of carbonyl (C=O) groups excluding carboxylic acids is 2. The van der Waals surface area contributed by atoms with Crippen molar-refractivity contribution in [1.29, 1.82) is 0 Å². The summed E-state index contributed by atoms with van der Waals surface area (Å²) in [5.74, 6) is 0.890. The van der Waals surface area contributed by atoms with E-state index < -0.39 is 0 Å². The lowest BCUT2D eigenvalue weighted by molar-refractivity contribution is -0.113. The molecule has 1 amide bonds. The number of thiophene rings is 1. The van der Waals surface area contributed by atoms with Gasteiger partial charge in [0.25, 0.3) is 0 Å². The van der Waals surface area contributed by atoms with Crippen LogP contribution in [0.4, 0.5) is 5.00 Å². The summed E-state index contributed by atoms with van der Waals surface area (Å²) in [6.07, 6.45) is 6.77. The van der Waals surface area contributed by atoms with Gasteiger partial charge in [-0.1, -0.05) is 40.2 Å². The number of amides is 1. The normalized spacial score (nSPS) is 12.9. The zero-order chi connectivity index (χ0) is 26.2. The quantitative estimate of drug-likeness (QED) is 0.123. The van der Waals surface area contributed by atoms with Gasteiger partial charge < -0.3 is 14.8 Å². The fraction of sp³-hybridized carbons (Fsp3) is 0.385. The number of halogens is 1. The second kappa shape index (κ2) is 13.3. The number of nitrogens with one attached hydrogen (secondary N) is 1. The molecule has 0 aliphatic heterocycles. The van der Waals surface area contributed by atoms with Gasteiger partial charge in [0, 0.05) is 15.9 Å². The van der Waals surface area contributed by atoms with Gasteiger partial charge in [0.1, 0.15) is 17.4 Å². The van der Waals surface area contributed by atoms with E-state index in [1.807, 2.05) is 28.8 Å². The molecular weight excluding hydrogens is 576 g/mol. The second-order valence-electron chi connectivity index (χ2n) is 8.37. The minimum atomic E-state index is -0.369. The minimum Gasteiger partial charge on any atom is -0.486 e. The standard InChI is InChI=1S/C26H29BrN4O4S2/c1-3-14-31-21(15-35-18-12-10-17(27)11-13-18)29-30-26(31)36-16-22(32)28-24-23(25(33)34-4-2)19-8-6-5-7-9-20(19)37-24/h3,10-13H,1,4-9,14-16H2,2H3,(H,28,32). The Kier molecular flexibility index (Phi) is 9.81. The van der Waals surface area contributed by atoms with Gasteiger partial charge in [-0.05, 0) is 62.4 Å². The van der Waals surface area contributed by atoms with Crippen LogP contribution in [-0.2, 0) is 35.5 Å². The van der Waals surface area contributed by atoms with Crippen LogP contribution in [-0.4, -0.2) is 39.0 Å². The van der Waals surface area contributed by atoms with E-state index in [4.69, 9.17) is 9.47 Å². The Morgan fingerprint density at radius 3 is 2.76 bits per heavy atom. The molecule has 0 saturated carbocycles. The van der Waals surface area contributed by atoms with Gasteiger partial charge in [0.2, 0.25) is 5.91 Å². The average Bonchev–Trinajstić information content (AvgIpc) is 3.34. The smallest absolute Gasteiger partial charge is 0.341 e. The van der Waals surface area contributed by atoms with Crippen LogP contribution in [0.3, 0.4) is 0 Å². The molecular formula is C26H29BrN4O4S2. The number of anilines is 1. The van der Waals surface area contributed by atoms with Crippen LogP contribution in [0.15, 0.2) is 46.5 Å². The molecule has 1 N–H and O–H groups in total. The average molecular weight is 606 g/mol. The maximum Gasteiger partial charge on any atom is 0.341 e. The first-order chi connectivity index (χ1) is 18.0. The largest absolute Gasteiger partial charge is 0.486 e. The highest BCUT2D eigenvalue weighted by atomic mass is 79.9. The van der Waals surface area contributed by atoms with Crippen molar-refractivity contribution in [1.82, 2.24) is 14.8 Å². The van der Waals surface area contributed by atoms with Crippen LogP contribution in [0.2, 0.25) is 0 Å². The van der Waals surface area contributed by atoms with E-state index >= 15 is 0 Å². The fourth-order valence-electron chi connectivity index (χ4n) is 4.07. The summed E-state index contributed by atoms with van der Waals surface area (Å²) < 4.78 is 14.0. The number of aryl methyl sites for hydroxylation is 1. The van der Waals surface area contributed by atoms with Crippen LogP contribution in [0, 0.1) is 0 Å². The van der Waals surface area contributed by atoms with Gasteiger partial charge in [-0.15, -0.1) is 28.1 Å². The number of allylic oxidation sites excluding steroid dienone is 1. The number of fused-ring (bicyclic) bond motifs is 1. The highest BCUT2D eigenvalue weighted by Gasteiger charge is 2.26. The summed E-state index contributed by atoms with van der Waals surface area (Å²) >= 11 is 6.18. The van der Waals surface area contributed by atoms with E-state index in [9.17, 15) is 9.59 Å². The minimum absolute atomic E-state index is 0.119. The Balaban J connectivity index is 1.43. The van der Waals surface area contributed by atoms with Gasteiger partial charge >= 0.3 is 5.97 Å². The highest BCUT2D eigenvalue weighted by Crippen LogP contribution is 2.38. The molecule has 37 heavy (non-hydrogen) atoms. The molecule has 1 aliphatic carbocycles. The summed E-state index contributed by atoms with van der Waals surface area (Å²) in [6.45, 7) is 6.62. The first-order valence-corrected chi connectivity index (χ1v) is 14.7. The number of nitrogens with zero attached hydrogens (tertiary/aromatic N) is 3. The summed E-state index contributed by atoms with van der Waals surface area (Å²) in [5, 5.41) is 12.7. The molecule has 3 aromatic rings. The van der Waals surface area contributed by atoms with Gasteiger partial charge in [0.15, 0.2) is 11.0 Å².